The molecule has 0 bridgehead atoms. The summed E-state index contributed by atoms with van der Waals surface area (Å²) in [6.07, 6.45) is 2.50. The summed E-state index contributed by atoms with van der Waals surface area (Å²) in [5.74, 6) is 1.72. The number of fused-ring (bicyclic) bond motifs is 1. The van der Waals surface area contributed by atoms with Gasteiger partial charge in [-0.2, -0.15) is 0 Å². The van der Waals surface area contributed by atoms with Gasteiger partial charge in [0.2, 0.25) is 0 Å². The van der Waals surface area contributed by atoms with E-state index in [9.17, 15) is 4.21 Å². The molecule has 0 saturated heterocycles. The highest BCUT2D eigenvalue weighted by Crippen LogP contribution is 2.31. The summed E-state index contributed by atoms with van der Waals surface area (Å²) in [7, 11) is -0.812. The molecule has 20 heavy (non-hydrogen) atoms. The maximum absolute atomic E-state index is 11.3. The van der Waals surface area contributed by atoms with Crippen molar-refractivity contribution < 1.29 is 4.21 Å². The standard InChI is InChI=1S/C13H15Cl3N2OS/c1-8(3-4-20(2)19)18-12-6-10(16)9(15)5-11(12)17-13(18)7-14/h5-6,8H,3-4,7H2,1-2H3. The van der Waals surface area contributed by atoms with Crippen molar-refractivity contribution in [1.82, 2.24) is 9.55 Å². The largest absolute Gasteiger partial charge is 0.324 e. The Morgan fingerprint density at radius 2 is 2.00 bits per heavy atom. The quantitative estimate of drug-likeness (QED) is 0.746. The number of rotatable bonds is 5. The molecular formula is C13H15Cl3N2OS. The molecule has 2 aromatic rings. The molecule has 2 rings (SSSR count). The third-order valence-electron chi connectivity index (χ3n) is 3.19. The molecule has 1 aromatic carbocycles. The smallest absolute Gasteiger partial charge is 0.125 e. The minimum atomic E-state index is -0.812. The van der Waals surface area contributed by atoms with Gasteiger partial charge in [0.1, 0.15) is 5.82 Å². The molecule has 0 fully saturated rings. The summed E-state index contributed by atoms with van der Waals surface area (Å²) in [4.78, 5) is 4.49. The first-order valence-electron chi connectivity index (χ1n) is 6.16. The lowest BCUT2D eigenvalue weighted by Gasteiger charge is -2.16. The van der Waals surface area contributed by atoms with Crippen LogP contribution in [0.25, 0.3) is 11.0 Å². The zero-order valence-corrected chi connectivity index (χ0v) is 14.3. The Labute approximate surface area is 135 Å². The Hall–Kier alpha value is -0.290. The van der Waals surface area contributed by atoms with Crippen LogP contribution >= 0.6 is 34.8 Å². The lowest BCUT2D eigenvalue weighted by atomic mass is 10.2. The molecule has 0 spiro atoms. The number of alkyl halides is 1. The van der Waals surface area contributed by atoms with E-state index in [2.05, 4.69) is 16.5 Å². The Kier molecular flexibility index (Phi) is 5.35. The number of benzene rings is 1. The summed E-state index contributed by atoms with van der Waals surface area (Å²) < 4.78 is 13.3. The van der Waals surface area contributed by atoms with Crippen LogP contribution in [-0.2, 0) is 16.7 Å². The van der Waals surface area contributed by atoms with Crippen molar-refractivity contribution in [3.63, 3.8) is 0 Å². The van der Waals surface area contributed by atoms with E-state index in [4.69, 9.17) is 34.8 Å². The van der Waals surface area contributed by atoms with Crippen molar-refractivity contribution in [2.24, 2.45) is 0 Å². The third-order valence-corrected chi connectivity index (χ3v) is 4.96. The van der Waals surface area contributed by atoms with Crippen LogP contribution in [0.1, 0.15) is 25.2 Å². The van der Waals surface area contributed by atoms with Crippen molar-refractivity contribution in [3.8, 4) is 0 Å². The van der Waals surface area contributed by atoms with Gasteiger partial charge < -0.3 is 4.57 Å². The summed E-state index contributed by atoms with van der Waals surface area (Å²) in [6.45, 7) is 2.06. The van der Waals surface area contributed by atoms with Crippen molar-refractivity contribution in [1.29, 1.82) is 0 Å². The van der Waals surface area contributed by atoms with Gasteiger partial charge in [-0.1, -0.05) is 23.2 Å². The molecule has 1 heterocycles. The number of hydrogen-bond acceptors (Lipinski definition) is 2. The van der Waals surface area contributed by atoms with Crippen LogP contribution in [-0.4, -0.2) is 25.8 Å². The van der Waals surface area contributed by atoms with E-state index < -0.39 is 10.8 Å². The van der Waals surface area contributed by atoms with Gasteiger partial charge in [-0.25, -0.2) is 4.98 Å². The minimum absolute atomic E-state index is 0.148. The van der Waals surface area contributed by atoms with Gasteiger partial charge in [-0.05, 0) is 25.5 Å². The molecule has 7 heteroatoms. The van der Waals surface area contributed by atoms with Crippen molar-refractivity contribution in [2.75, 3.05) is 12.0 Å². The van der Waals surface area contributed by atoms with E-state index in [1.165, 1.54) is 0 Å². The number of hydrogen-bond donors (Lipinski definition) is 0. The zero-order valence-electron chi connectivity index (χ0n) is 11.2. The fraction of sp³-hybridized carbons (Fsp3) is 0.462. The molecule has 2 atom stereocenters. The molecule has 1 aromatic heterocycles. The van der Waals surface area contributed by atoms with Crippen LogP contribution in [0, 0.1) is 0 Å². The molecule has 3 nitrogen and oxygen atoms in total. The molecule has 0 radical (unpaired) electrons. The first-order valence-corrected chi connectivity index (χ1v) is 9.17. The highest BCUT2D eigenvalue weighted by molar-refractivity contribution is 7.84. The lowest BCUT2D eigenvalue weighted by molar-refractivity contribution is 0.531. The van der Waals surface area contributed by atoms with Gasteiger partial charge in [0.05, 0.1) is 27.0 Å². The fourth-order valence-corrected chi connectivity index (χ4v) is 3.37. The van der Waals surface area contributed by atoms with E-state index in [1.54, 1.807) is 12.3 Å². The van der Waals surface area contributed by atoms with Gasteiger partial charge in [-0.15, -0.1) is 11.6 Å². The first kappa shape index (κ1) is 16.1. The molecule has 2 unspecified atom stereocenters. The van der Waals surface area contributed by atoms with Crippen LogP contribution in [0.15, 0.2) is 12.1 Å². The topological polar surface area (TPSA) is 34.9 Å². The summed E-state index contributed by atoms with van der Waals surface area (Å²) in [6, 6.07) is 3.70. The maximum atomic E-state index is 11.3. The summed E-state index contributed by atoms with van der Waals surface area (Å²) >= 11 is 18.1. The second-order valence-electron chi connectivity index (χ2n) is 4.70. The first-order chi connectivity index (χ1) is 9.43. The number of imidazole rings is 1. The van der Waals surface area contributed by atoms with Crippen LogP contribution in [0.4, 0.5) is 0 Å². The normalized spacial score (nSPS) is 14.7. The highest BCUT2D eigenvalue weighted by Gasteiger charge is 2.17. The second-order valence-corrected chi connectivity index (χ2v) is 7.34. The zero-order chi connectivity index (χ0) is 14.9. The van der Waals surface area contributed by atoms with Crippen LogP contribution in [0.2, 0.25) is 10.0 Å². The predicted molar refractivity (Wildman–Crippen MR) is 87.6 cm³/mol. The van der Waals surface area contributed by atoms with Gasteiger partial charge in [0.25, 0.3) is 0 Å². The number of halogens is 3. The SMILES string of the molecule is CC(CCS(C)=O)n1c(CCl)nc2cc(Cl)c(Cl)cc21. The highest BCUT2D eigenvalue weighted by atomic mass is 35.5. The summed E-state index contributed by atoms with van der Waals surface area (Å²) in [5, 5.41) is 0.972. The van der Waals surface area contributed by atoms with E-state index >= 15 is 0 Å². The Morgan fingerprint density at radius 1 is 1.35 bits per heavy atom. The lowest BCUT2D eigenvalue weighted by Crippen LogP contribution is -2.11. The Balaban J connectivity index is 2.49. The van der Waals surface area contributed by atoms with Gasteiger partial charge in [0, 0.05) is 28.9 Å². The van der Waals surface area contributed by atoms with Gasteiger partial charge >= 0.3 is 0 Å². The predicted octanol–water partition coefficient (Wildman–Crippen LogP) is 4.41. The monoisotopic (exact) mass is 352 g/mol. The van der Waals surface area contributed by atoms with Crippen LogP contribution < -0.4 is 0 Å². The fourth-order valence-electron chi connectivity index (χ4n) is 2.19. The van der Waals surface area contributed by atoms with Crippen LogP contribution in [0.3, 0.4) is 0 Å². The summed E-state index contributed by atoms with van der Waals surface area (Å²) in [5.41, 5.74) is 1.68. The molecule has 0 N–H and O–H groups in total. The molecule has 0 aliphatic rings. The molecule has 0 aliphatic carbocycles. The second kappa shape index (κ2) is 6.65. The van der Waals surface area contributed by atoms with E-state index in [-0.39, 0.29) is 6.04 Å². The van der Waals surface area contributed by atoms with Crippen molar-refractivity contribution in [3.05, 3.63) is 28.0 Å². The van der Waals surface area contributed by atoms with Crippen molar-refractivity contribution >= 4 is 56.6 Å². The molecule has 0 amide bonds. The van der Waals surface area contributed by atoms with Gasteiger partial charge in [-0.3, -0.25) is 4.21 Å². The van der Waals surface area contributed by atoms with Gasteiger partial charge in [0.15, 0.2) is 0 Å². The average Bonchev–Trinajstić information content (AvgIpc) is 2.74. The molecule has 0 saturated carbocycles. The van der Waals surface area contributed by atoms with E-state index in [0.29, 0.717) is 21.7 Å². The van der Waals surface area contributed by atoms with E-state index in [0.717, 1.165) is 23.3 Å². The molecule has 0 aliphatic heterocycles. The minimum Gasteiger partial charge on any atom is -0.324 e. The van der Waals surface area contributed by atoms with Crippen LogP contribution in [0.5, 0.6) is 0 Å². The Bertz CT molecular complexity index is 657. The number of nitrogens with zero attached hydrogens (tertiary/aromatic N) is 2. The average molecular weight is 354 g/mol. The Morgan fingerprint density at radius 3 is 2.60 bits per heavy atom. The van der Waals surface area contributed by atoms with E-state index in [1.807, 2.05) is 6.07 Å². The van der Waals surface area contributed by atoms with Crippen molar-refractivity contribution in [2.45, 2.75) is 25.3 Å². The molecular weight excluding hydrogens is 339 g/mol. The molecule has 110 valence electrons. The third kappa shape index (κ3) is 3.30. The number of aromatic nitrogens is 2. The maximum Gasteiger partial charge on any atom is 0.125 e.